The molecule has 0 aromatic heterocycles. The summed E-state index contributed by atoms with van der Waals surface area (Å²) in [6.07, 6.45) is 17.6. The molecule has 0 aromatic carbocycles. The van der Waals surface area contributed by atoms with Crippen LogP contribution >= 0.6 is 0 Å². The molecule has 0 N–H and O–H groups in total. The smallest absolute Gasteiger partial charge is 0.0628 e. The molecule has 7 nitrogen and oxygen atoms in total. The molecule has 0 radical (unpaired) electrons. The fourth-order valence-electron chi connectivity index (χ4n) is 8.74. The van der Waals surface area contributed by atoms with E-state index >= 15 is 0 Å². The second-order valence-corrected chi connectivity index (χ2v) is 16.0. The van der Waals surface area contributed by atoms with Crippen molar-refractivity contribution in [3.05, 3.63) is 0 Å². The van der Waals surface area contributed by atoms with Gasteiger partial charge in [0.05, 0.1) is 37.1 Å². The maximum atomic E-state index is 6.49. The van der Waals surface area contributed by atoms with Crippen molar-refractivity contribution in [3.63, 3.8) is 0 Å². The van der Waals surface area contributed by atoms with E-state index in [9.17, 15) is 0 Å². The minimum Gasteiger partial charge on any atom is -0.377 e. The number of rotatable bonds is 13. The molecular formula is C36H66N4O3. The van der Waals surface area contributed by atoms with Gasteiger partial charge < -0.3 is 33.8 Å². The fourth-order valence-corrected chi connectivity index (χ4v) is 8.74. The highest BCUT2D eigenvalue weighted by Crippen LogP contribution is 2.37. The van der Waals surface area contributed by atoms with Crippen molar-refractivity contribution in [2.24, 2.45) is 23.7 Å². The zero-order chi connectivity index (χ0) is 29.6. The molecule has 4 saturated heterocycles. The van der Waals surface area contributed by atoms with Gasteiger partial charge in [0.2, 0.25) is 0 Å². The van der Waals surface area contributed by atoms with Gasteiger partial charge in [0.25, 0.3) is 0 Å². The van der Waals surface area contributed by atoms with Crippen LogP contribution in [0, 0.1) is 23.7 Å². The summed E-state index contributed by atoms with van der Waals surface area (Å²) in [5.41, 5.74) is 0. The van der Waals surface area contributed by atoms with E-state index in [1.165, 1.54) is 130 Å². The molecule has 2 aliphatic carbocycles. The van der Waals surface area contributed by atoms with Crippen molar-refractivity contribution in [2.75, 3.05) is 85.6 Å². The van der Waals surface area contributed by atoms with E-state index < -0.39 is 0 Å². The van der Waals surface area contributed by atoms with E-state index in [0.29, 0.717) is 30.5 Å². The standard InChI is InChI=1S/C36H66N4O3/c1-28(2)31-22-35(23-31)42-32-8-16-40(17-9-32)27-30-6-14-38(15-7-30)20-21-41-34-24-36(25-34)43-33-10-18-39(19-11-33)26-29-4-12-37(3)13-5-29/h28-36H,4-27H2,1-3H3/t31-,34-,35-,36-. The number of nitrogens with zero attached hydrogens (tertiary/aromatic N) is 4. The molecular weight excluding hydrogens is 536 g/mol. The lowest BCUT2D eigenvalue weighted by molar-refractivity contribution is -0.137. The van der Waals surface area contributed by atoms with Gasteiger partial charge in [-0.05, 0) is 134 Å². The molecule has 0 atom stereocenters. The highest BCUT2D eigenvalue weighted by atomic mass is 16.5. The Bertz CT molecular complexity index is 786. The number of hydrogen-bond acceptors (Lipinski definition) is 7. The van der Waals surface area contributed by atoms with Crippen LogP contribution in [-0.2, 0) is 14.2 Å². The zero-order valence-electron chi connectivity index (χ0n) is 28.2. The average molecular weight is 603 g/mol. The van der Waals surface area contributed by atoms with Crippen LogP contribution in [0.4, 0.5) is 0 Å². The third-order valence-corrected chi connectivity index (χ3v) is 12.3. The molecule has 0 amide bonds. The van der Waals surface area contributed by atoms with Crippen LogP contribution in [-0.4, -0.2) is 136 Å². The van der Waals surface area contributed by atoms with Gasteiger partial charge >= 0.3 is 0 Å². The van der Waals surface area contributed by atoms with E-state index in [4.69, 9.17) is 14.2 Å². The van der Waals surface area contributed by atoms with Gasteiger partial charge in [-0.15, -0.1) is 0 Å². The van der Waals surface area contributed by atoms with Crippen LogP contribution in [0.25, 0.3) is 0 Å². The summed E-state index contributed by atoms with van der Waals surface area (Å²) in [6.45, 7) is 19.3. The van der Waals surface area contributed by atoms with Crippen molar-refractivity contribution in [1.29, 1.82) is 0 Å². The van der Waals surface area contributed by atoms with Crippen LogP contribution in [0.3, 0.4) is 0 Å². The zero-order valence-corrected chi connectivity index (χ0v) is 28.2. The predicted molar refractivity (Wildman–Crippen MR) is 175 cm³/mol. The van der Waals surface area contributed by atoms with E-state index in [2.05, 4.69) is 40.5 Å². The van der Waals surface area contributed by atoms with E-state index in [1.807, 2.05) is 0 Å². The monoisotopic (exact) mass is 603 g/mol. The van der Waals surface area contributed by atoms with Crippen LogP contribution < -0.4 is 0 Å². The lowest BCUT2D eigenvalue weighted by atomic mass is 9.75. The summed E-state index contributed by atoms with van der Waals surface area (Å²) in [7, 11) is 2.26. The molecule has 0 unspecified atom stereocenters. The SMILES string of the molecule is CC(C)[C@H]1C[C@H](OC2CCN(CC3CCN(CCO[C@H]4C[C@H](OC5CCN(CC6CCN(C)CC6)CC5)C4)CC3)CC2)C1. The fraction of sp³-hybridized carbons (Fsp3) is 1.00. The second kappa shape index (κ2) is 16.0. The highest BCUT2D eigenvalue weighted by Gasteiger charge is 2.36. The molecule has 0 spiro atoms. The number of piperidine rings is 4. The van der Waals surface area contributed by atoms with E-state index in [-0.39, 0.29) is 0 Å². The van der Waals surface area contributed by atoms with E-state index in [1.54, 1.807) is 0 Å². The van der Waals surface area contributed by atoms with E-state index in [0.717, 1.165) is 49.7 Å². The molecule has 6 aliphatic rings. The van der Waals surface area contributed by atoms with Gasteiger partial charge in [0.1, 0.15) is 0 Å². The highest BCUT2D eigenvalue weighted by molar-refractivity contribution is 4.86. The molecule has 6 rings (SSSR count). The quantitative estimate of drug-likeness (QED) is 0.294. The van der Waals surface area contributed by atoms with Gasteiger partial charge in [-0.25, -0.2) is 0 Å². The van der Waals surface area contributed by atoms with Gasteiger partial charge in [-0.2, -0.15) is 0 Å². The lowest BCUT2D eigenvalue weighted by Gasteiger charge is -2.42. The molecule has 4 heterocycles. The second-order valence-electron chi connectivity index (χ2n) is 16.0. The lowest BCUT2D eigenvalue weighted by Crippen LogP contribution is -2.46. The normalized spacial score (nSPS) is 34.0. The molecule has 6 fully saturated rings. The number of likely N-dealkylation sites (tertiary alicyclic amines) is 4. The predicted octanol–water partition coefficient (Wildman–Crippen LogP) is 4.98. The molecule has 43 heavy (non-hydrogen) atoms. The Labute approximate surface area is 264 Å². The van der Waals surface area contributed by atoms with Gasteiger partial charge in [-0.1, -0.05) is 13.8 Å². The molecule has 0 bridgehead atoms. The minimum absolute atomic E-state index is 0.430. The van der Waals surface area contributed by atoms with Crippen molar-refractivity contribution in [1.82, 2.24) is 19.6 Å². The number of ether oxygens (including phenoxy) is 3. The topological polar surface area (TPSA) is 40.7 Å². The molecule has 7 heteroatoms. The first-order valence-electron chi connectivity index (χ1n) is 18.7. The maximum Gasteiger partial charge on any atom is 0.0628 e. The first-order chi connectivity index (χ1) is 20.9. The van der Waals surface area contributed by atoms with Gasteiger partial charge in [-0.3, -0.25) is 0 Å². The van der Waals surface area contributed by atoms with Crippen molar-refractivity contribution in [3.8, 4) is 0 Å². The summed E-state index contributed by atoms with van der Waals surface area (Å²) in [4.78, 5) is 10.6. The van der Waals surface area contributed by atoms with Crippen LogP contribution in [0.2, 0.25) is 0 Å². The summed E-state index contributed by atoms with van der Waals surface area (Å²) < 4.78 is 19.2. The van der Waals surface area contributed by atoms with Crippen molar-refractivity contribution in [2.45, 2.75) is 121 Å². The van der Waals surface area contributed by atoms with Crippen molar-refractivity contribution >= 4 is 0 Å². The Kier molecular flexibility index (Phi) is 12.2. The maximum absolute atomic E-state index is 6.49. The van der Waals surface area contributed by atoms with Crippen LogP contribution in [0.1, 0.15) is 90.9 Å². The Morgan fingerprint density at radius 2 is 1.00 bits per heavy atom. The number of hydrogen-bond donors (Lipinski definition) is 0. The largest absolute Gasteiger partial charge is 0.377 e. The van der Waals surface area contributed by atoms with Crippen molar-refractivity contribution < 1.29 is 14.2 Å². The third kappa shape index (κ3) is 9.86. The first kappa shape index (κ1) is 32.7. The summed E-state index contributed by atoms with van der Waals surface area (Å²) >= 11 is 0. The molecule has 0 aromatic rings. The van der Waals surface area contributed by atoms with Gasteiger partial charge in [0.15, 0.2) is 0 Å². The Balaban J connectivity index is 0.745. The third-order valence-electron chi connectivity index (χ3n) is 12.3. The molecule has 2 saturated carbocycles. The van der Waals surface area contributed by atoms with Crippen LogP contribution in [0.5, 0.6) is 0 Å². The summed E-state index contributed by atoms with van der Waals surface area (Å²) in [5, 5.41) is 0. The average Bonchev–Trinajstić information content (AvgIpc) is 2.97. The first-order valence-corrected chi connectivity index (χ1v) is 18.7. The summed E-state index contributed by atoms with van der Waals surface area (Å²) in [5.74, 6) is 3.52. The Hall–Kier alpha value is -0.280. The Morgan fingerprint density at radius 1 is 0.535 bits per heavy atom. The van der Waals surface area contributed by atoms with Gasteiger partial charge in [0, 0.05) is 45.8 Å². The minimum atomic E-state index is 0.430. The molecule has 4 aliphatic heterocycles. The van der Waals surface area contributed by atoms with Crippen LogP contribution in [0.15, 0.2) is 0 Å². The summed E-state index contributed by atoms with van der Waals surface area (Å²) in [6, 6.07) is 0. The molecule has 248 valence electrons. The Morgan fingerprint density at radius 3 is 1.51 bits per heavy atom.